The van der Waals surface area contributed by atoms with Crippen molar-refractivity contribution in [2.75, 3.05) is 32.7 Å². The summed E-state index contributed by atoms with van der Waals surface area (Å²) in [5.41, 5.74) is 10.6. The van der Waals surface area contributed by atoms with Gasteiger partial charge in [-0.2, -0.15) is 0 Å². The molecule has 2 rings (SSSR count). The van der Waals surface area contributed by atoms with Crippen LogP contribution in [0.4, 0.5) is 0 Å². The van der Waals surface area contributed by atoms with Gasteiger partial charge in [0.15, 0.2) is 0 Å². The Kier molecular flexibility index (Phi) is 5.07. The third-order valence-electron chi connectivity index (χ3n) is 4.73. The van der Waals surface area contributed by atoms with E-state index in [-0.39, 0.29) is 11.6 Å². The van der Waals surface area contributed by atoms with Crippen LogP contribution in [0, 0.1) is 13.8 Å². The Bertz CT molecular complexity index is 468. The second kappa shape index (κ2) is 6.47. The first-order valence-electron chi connectivity index (χ1n) is 8.07. The molecular formula is C18H31N3. The Morgan fingerprint density at radius 2 is 1.67 bits per heavy atom. The van der Waals surface area contributed by atoms with E-state index in [1.54, 1.807) is 0 Å². The van der Waals surface area contributed by atoms with Gasteiger partial charge in [0, 0.05) is 44.3 Å². The van der Waals surface area contributed by atoms with Crippen molar-refractivity contribution >= 4 is 0 Å². The molecule has 1 heterocycles. The van der Waals surface area contributed by atoms with Gasteiger partial charge < -0.3 is 5.73 Å². The number of piperazine rings is 1. The van der Waals surface area contributed by atoms with Gasteiger partial charge in [0.25, 0.3) is 0 Å². The highest BCUT2D eigenvalue weighted by atomic mass is 15.3. The van der Waals surface area contributed by atoms with Gasteiger partial charge in [-0.3, -0.25) is 9.80 Å². The summed E-state index contributed by atoms with van der Waals surface area (Å²) in [5.74, 6) is 0. The third kappa shape index (κ3) is 4.29. The summed E-state index contributed by atoms with van der Waals surface area (Å²) in [6, 6.07) is 6.72. The van der Waals surface area contributed by atoms with Crippen molar-refractivity contribution in [2.45, 2.75) is 46.2 Å². The van der Waals surface area contributed by atoms with Crippen LogP contribution >= 0.6 is 0 Å². The van der Waals surface area contributed by atoms with Crippen LogP contribution in [0.5, 0.6) is 0 Å². The van der Waals surface area contributed by atoms with Gasteiger partial charge >= 0.3 is 0 Å². The smallest absolute Gasteiger partial charge is 0.0424 e. The maximum Gasteiger partial charge on any atom is 0.0424 e. The molecule has 21 heavy (non-hydrogen) atoms. The third-order valence-corrected chi connectivity index (χ3v) is 4.73. The van der Waals surface area contributed by atoms with E-state index >= 15 is 0 Å². The summed E-state index contributed by atoms with van der Waals surface area (Å²) >= 11 is 0. The van der Waals surface area contributed by atoms with Crippen LogP contribution < -0.4 is 5.73 Å². The summed E-state index contributed by atoms with van der Waals surface area (Å²) in [5, 5.41) is 0. The van der Waals surface area contributed by atoms with Crippen LogP contribution in [0.1, 0.15) is 43.5 Å². The topological polar surface area (TPSA) is 32.5 Å². The van der Waals surface area contributed by atoms with Crippen LogP contribution in [0.25, 0.3) is 0 Å². The van der Waals surface area contributed by atoms with Crippen LogP contribution in [-0.4, -0.2) is 48.1 Å². The van der Waals surface area contributed by atoms with E-state index in [0.29, 0.717) is 0 Å². The lowest BCUT2D eigenvalue weighted by Crippen LogP contribution is -2.54. The highest BCUT2D eigenvalue weighted by Crippen LogP contribution is 2.19. The molecule has 1 aliphatic rings. The van der Waals surface area contributed by atoms with Crippen LogP contribution in [0.3, 0.4) is 0 Å². The Balaban J connectivity index is 1.89. The SMILES string of the molecule is Cc1ccc(C(N)CN2CCN(C(C)(C)C)CC2)cc1C. The summed E-state index contributed by atoms with van der Waals surface area (Å²) in [4.78, 5) is 5.06. The lowest BCUT2D eigenvalue weighted by atomic mass is 10.0. The highest BCUT2D eigenvalue weighted by Gasteiger charge is 2.26. The van der Waals surface area contributed by atoms with Gasteiger partial charge in [-0.1, -0.05) is 18.2 Å². The molecule has 118 valence electrons. The van der Waals surface area contributed by atoms with Gasteiger partial charge in [-0.05, 0) is 51.3 Å². The zero-order valence-corrected chi connectivity index (χ0v) is 14.3. The van der Waals surface area contributed by atoms with Crippen LogP contribution in [-0.2, 0) is 0 Å². The molecule has 3 nitrogen and oxygen atoms in total. The molecular weight excluding hydrogens is 258 g/mol. The monoisotopic (exact) mass is 289 g/mol. The van der Waals surface area contributed by atoms with Crippen molar-refractivity contribution in [3.05, 3.63) is 34.9 Å². The highest BCUT2D eigenvalue weighted by molar-refractivity contribution is 5.31. The Morgan fingerprint density at radius 1 is 1.05 bits per heavy atom. The van der Waals surface area contributed by atoms with Crippen molar-refractivity contribution in [3.63, 3.8) is 0 Å². The normalized spacial score (nSPS) is 19.7. The fourth-order valence-corrected chi connectivity index (χ4v) is 2.98. The fourth-order valence-electron chi connectivity index (χ4n) is 2.98. The fraction of sp³-hybridized carbons (Fsp3) is 0.667. The summed E-state index contributed by atoms with van der Waals surface area (Å²) < 4.78 is 0. The molecule has 1 aromatic rings. The van der Waals surface area contributed by atoms with Crippen molar-refractivity contribution < 1.29 is 0 Å². The first kappa shape index (κ1) is 16.5. The Morgan fingerprint density at radius 3 is 2.19 bits per heavy atom. The second-order valence-corrected chi connectivity index (χ2v) is 7.41. The van der Waals surface area contributed by atoms with Gasteiger partial charge in [0.05, 0.1) is 0 Å². The molecule has 1 saturated heterocycles. The van der Waals surface area contributed by atoms with E-state index in [1.165, 1.54) is 16.7 Å². The lowest BCUT2D eigenvalue weighted by molar-refractivity contribution is 0.0598. The lowest BCUT2D eigenvalue weighted by Gasteiger charge is -2.42. The number of nitrogens with zero attached hydrogens (tertiary/aromatic N) is 2. The molecule has 1 unspecified atom stereocenters. The predicted octanol–water partition coefficient (Wildman–Crippen LogP) is 2.72. The van der Waals surface area contributed by atoms with Crippen LogP contribution in [0.2, 0.25) is 0 Å². The van der Waals surface area contributed by atoms with Gasteiger partial charge in [0.1, 0.15) is 0 Å². The van der Waals surface area contributed by atoms with E-state index in [2.05, 4.69) is 62.6 Å². The molecule has 1 fully saturated rings. The van der Waals surface area contributed by atoms with E-state index in [9.17, 15) is 0 Å². The second-order valence-electron chi connectivity index (χ2n) is 7.41. The minimum atomic E-state index is 0.116. The molecule has 0 amide bonds. The molecule has 1 aliphatic heterocycles. The first-order valence-corrected chi connectivity index (χ1v) is 8.07. The molecule has 0 saturated carbocycles. The molecule has 0 aromatic heterocycles. The molecule has 0 bridgehead atoms. The predicted molar refractivity (Wildman–Crippen MR) is 90.6 cm³/mol. The largest absolute Gasteiger partial charge is 0.323 e. The molecule has 0 aliphatic carbocycles. The van der Waals surface area contributed by atoms with Crippen molar-refractivity contribution in [2.24, 2.45) is 5.73 Å². The minimum Gasteiger partial charge on any atom is -0.323 e. The molecule has 0 spiro atoms. The van der Waals surface area contributed by atoms with Crippen molar-refractivity contribution in [1.82, 2.24) is 9.80 Å². The summed E-state index contributed by atoms with van der Waals surface area (Å²) in [6.45, 7) is 16.7. The van der Waals surface area contributed by atoms with Crippen molar-refractivity contribution in [3.8, 4) is 0 Å². The van der Waals surface area contributed by atoms with E-state index in [1.807, 2.05) is 0 Å². The zero-order chi connectivity index (χ0) is 15.6. The quantitative estimate of drug-likeness (QED) is 0.928. The number of hydrogen-bond donors (Lipinski definition) is 1. The van der Waals surface area contributed by atoms with E-state index in [4.69, 9.17) is 5.73 Å². The van der Waals surface area contributed by atoms with Crippen molar-refractivity contribution in [1.29, 1.82) is 0 Å². The molecule has 1 aromatic carbocycles. The zero-order valence-electron chi connectivity index (χ0n) is 14.3. The maximum absolute atomic E-state index is 6.41. The number of rotatable bonds is 3. The molecule has 3 heteroatoms. The Labute approximate surface area is 130 Å². The van der Waals surface area contributed by atoms with Gasteiger partial charge in [0.2, 0.25) is 0 Å². The average Bonchev–Trinajstić information content (AvgIpc) is 2.41. The summed E-state index contributed by atoms with van der Waals surface area (Å²) in [6.07, 6.45) is 0. The summed E-state index contributed by atoms with van der Waals surface area (Å²) in [7, 11) is 0. The molecule has 2 N–H and O–H groups in total. The Hall–Kier alpha value is -0.900. The number of nitrogens with two attached hydrogens (primary N) is 1. The number of hydrogen-bond acceptors (Lipinski definition) is 3. The van der Waals surface area contributed by atoms with E-state index in [0.717, 1.165) is 32.7 Å². The van der Waals surface area contributed by atoms with Crippen LogP contribution in [0.15, 0.2) is 18.2 Å². The van der Waals surface area contributed by atoms with Gasteiger partial charge in [-0.25, -0.2) is 0 Å². The minimum absolute atomic E-state index is 0.116. The average molecular weight is 289 g/mol. The standard InChI is InChI=1S/C18H31N3/c1-14-6-7-16(12-15(14)2)17(19)13-20-8-10-21(11-9-20)18(3,4)5/h6-7,12,17H,8-11,13,19H2,1-5H3. The first-order chi connectivity index (χ1) is 9.77. The molecule has 0 radical (unpaired) electrons. The maximum atomic E-state index is 6.41. The number of aryl methyl sites for hydroxylation is 2. The van der Waals surface area contributed by atoms with Gasteiger partial charge in [-0.15, -0.1) is 0 Å². The molecule has 1 atom stereocenters. The number of benzene rings is 1. The van der Waals surface area contributed by atoms with E-state index < -0.39 is 0 Å².